The maximum Gasteiger partial charge on any atom is 0.209 e. The third-order valence-corrected chi connectivity index (χ3v) is 5.23. The van der Waals surface area contributed by atoms with Crippen molar-refractivity contribution < 1.29 is 14.5 Å². The predicted octanol–water partition coefficient (Wildman–Crippen LogP) is -1.60. The summed E-state index contributed by atoms with van der Waals surface area (Å²) in [5.41, 5.74) is 1.31. The Morgan fingerprint density at radius 3 is 2.69 bits per heavy atom. The van der Waals surface area contributed by atoms with E-state index in [0.29, 0.717) is 25.1 Å². The summed E-state index contributed by atoms with van der Waals surface area (Å²) in [7, 11) is 1.71. The number of rotatable bonds is 8. The average molecular weight is 361 g/mol. The van der Waals surface area contributed by atoms with Gasteiger partial charge in [-0.2, -0.15) is 0 Å². The number of tetrazole rings is 1. The molecule has 26 heavy (non-hydrogen) atoms. The number of quaternary nitrogens is 2. The molecule has 1 saturated heterocycles. The van der Waals surface area contributed by atoms with Gasteiger partial charge in [0.2, 0.25) is 5.82 Å². The molecule has 0 amide bonds. The van der Waals surface area contributed by atoms with Crippen LogP contribution in [0, 0.1) is 5.92 Å². The van der Waals surface area contributed by atoms with Crippen molar-refractivity contribution in [2.75, 3.05) is 39.9 Å². The Hall–Kier alpha value is -1.90. The standard InChI is InChI=1S/C18H29N7O/c1-15(2)17(18-20-21-22-25(18)11-12-26-3)24-9-7-23(8-10-24)14-16-5-4-6-19-13-16/h4-6,13,15,17H,7-12,14H2,1-3H3/p+2/t17-/m1/s1. The molecule has 0 saturated carbocycles. The third-order valence-electron chi connectivity index (χ3n) is 5.23. The molecule has 142 valence electrons. The summed E-state index contributed by atoms with van der Waals surface area (Å²) < 4.78 is 7.11. The SMILES string of the molecule is COCCn1nnnc1[C@@H](C(C)C)[NH+]1CC[NH+](Cc2cccnc2)CC1. The van der Waals surface area contributed by atoms with Crippen LogP contribution in [-0.2, 0) is 17.8 Å². The molecule has 0 radical (unpaired) electrons. The zero-order chi connectivity index (χ0) is 18.4. The Morgan fingerprint density at radius 1 is 1.23 bits per heavy atom. The number of hydrogen-bond acceptors (Lipinski definition) is 5. The van der Waals surface area contributed by atoms with E-state index in [2.05, 4.69) is 40.4 Å². The van der Waals surface area contributed by atoms with E-state index in [1.54, 1.807) is 16.9 Å². The number of aromatic nitrogens is 5. The number of methoxy groups -OCH3 is 1. The highest BCUT2D eigenvalue weighted by Crippen LogP contribution is 2.15. The Morgan fingerprint density at radius 2 is 2.04 bits per heavy atom. The summed E-state index contributed by atoms with van der Waals surface area (Å²) in [6, 6.07) is 4.51. The van der Waals surface area contributed by atoms with E-state index >= 15 is 0 Å². The first-order chi connectivity index (χ1) is 12.7. The molecule has 0 spiro atoms. The van der Waals surface area contributed by atoms with Crippen molar-refractivity contribution in [2.45, 2.75) is 33.0 Å². The van der Waals surface area contributed by atoms with Crippen LogP contribution in [0.2, 0.25) is 0 Å². The van der Waals surface area contributed by atoms with E-state index in [9.17, 15) is 0 Å². The molecule has 0 bridgehead atoms. The van der Waals surface area contributed by atoms with Gasteiger partial charge in [0.1, 0.15) is 32.7 Å². The Balaban J connectivity index is 1.63. The monoisotopic (exact) mass is 361 g/mol. The lowest BCUT2D eigenvalue weighted by atomic mass is 10.0. The first-order valence-corrected chi connectivity index (χ1v) is 9.51. The summed E-state index contributed by atoms with van der Waals surface area (Å²) in [6.45, 7) is 11.5. The van der Waals surface area contributed by atoms with E-state index in [1.165, 1.54) is 5.56 Å². The van der Waals surface area contributed by atoms with Crippen LogP contribution in [0.25, 0.3) is 0 Å². The first kappa shape index (κ1) is 18.9. The normalized spacial score (nSPS) is 21.8. The van der Waals surface area contributed by atoms with E-state index in [4.69, 9.17) is 4.74 Å². The Labute approximate surface area is 155 Å². The number of hydrogen-bond donors (Lipinski definition) is 2. The van der Waals surface area contributed by atoms with Gasteiger partial charge in [-0.1, -0.05) is 19.9 Å². The van der Waals surface area contributed by atoms with Crippen LogP contribution in [-0.4, -0.2) is 65.1 Å². The first-order valence-electron chi connectivity index (χ1n) is 9.51. The summed E-state index contributed by atoms with van der Waals surface area (Å²) in [4.78, 5) is 7.45. The molecule has 0 aromatic carbocycles. The highest BCUT2D eigenvalue weighted by Gasteiger charge is 2.36. The van der Waals surface area contributed by atoms with Crippen LogP contribution in [0.15, 0.2) is 24.5 Å². The van der Waals surface area contributed by atoms with Gasteiger partial charge in [0.25, 0.3) is 0 Å². The Bertz CT molecular complexity index is 653. The fourth-order valence-corrected chi connectivity index (χ4v) is 3.93. The zero-order valence-corrected chi connectivity index (χ0v) is 16.1. The second-order valence-corrected chi connectivity index (χ2v) is 7.42. The number of ether oxygens (including phenoxy) is 1. The fraction of sp³-hybridized carbons (Fsp3) is 0.667. The van der Waals surface area contributed by atoms with Gasteiger partial charge in [-0.25, -0.2) is 4.68 Å². The van der Waals surface area contributed by atoms with Crippen LogP contribution >= 0.6 is 0 Å². The zero-order valence-electron chi connectivity index (χ0n) is 16.1. The largest absolute Gasteiger partial charge is 0.383 e. The van der Waals surface area contributed by atoms with Crippen molar-refractivity contribution in [1.82, 2.24) is 25.2 Å². The van der Waals surface area contributed by atoms with Crippen molar-refractivity contribution >= 4 is 0 Å². The maximum atomic E-state index is 5.19. The molecule has 3 rings (SSSR count). The summed E-state index contributed by atoms with van der Waals surface area (Å²) >= 11 is 0. The minimum absolute atomic E-state index is 0.321. The lowest BCUT2D eigenvalue weighted by molar-refractivity contribution is -1.03. The minimum Gasteiger partial charge on any atom is -0.383 e. The number of nitrogens with one attached hydrogen (secondary N) is 2. The second-order valence-electron chi connectivity index (χ2n) is 7.42. The van der Waals surface area contributed by atoms with Gasteiger partial charge < -0.3 is 14.5 Å². The van der Waals surface area contributed by atoms with E-state index in [-0.39, 0.29) is 0 Å². The van der Waals surface area contributed by atoms with Crippen LogP contribution in [0.4, 0.5) is 0 Å². The number of piperazine rings is 1. The summed E-state index contributed by atoms with van der Waals surface area (Å²) in [5, 5.41) is 12.5. The molecule has 0 unspecified atom stereocenters. The predicted molar refractivity (Wildman–Crippen MR) is 96.6 cm³/mol. The third kappa shape index (κ3) is 4.63. The van der Waals surface area contributed by atoms with Gasteiger partial charge in [0.15, 0.2) is 6.04 Å². The van der Waals surface area contributed by atoms with Crippen LogP contribution < -0.4 is 9.80 Å². The summed E-state index contributed by atoms with van der Waals surface area (Å²) in [6.07, 6.45) is 3.81. The number of nitrogens with zero attached hydrogens (tertiary/aromatic N) is 5. The van der Waals surface area contributed by atoms with Gasteiger partial charge in [-0.3, -0.25) is 4.98 Å². The van der Waals surface area contributed by atoms with Crippen molar-refractivity contribution in [3.8, 4) is 0 Å². The molecule has 2 aromatic rings. The minimum atomic E-state index is 0.321. The molecule has 3 heterocycles. The highest BCUT2D eigenvalue weighted by atomic mass is 16.5. The van der Waals surface area contributed by atoms with Crippen molar-refractivity contribution in [3.63, 3.8) is 0 Å². The maximum absolute atomic E-state index is 5.19. The molecule has 1 aliphatic heterocycles. The van der Waals surface area contributed by atoms with Crippen molar-refractivity contribution in [3.05, 3.63) is 35.9 Å². The molecular weight excluding hydrogens is 330 g/mol. The van der Waals surface area contributed by atoms with E-state index in [0.717, 1.165) is 38.5 Å². The summed E-state index contributed by atoms with van der Waals surface area (Å²) in [5.74, 6) is 1.47. The molecule has 1 aliphatic rings. The molecule has 1 atom stereocenters. The topological polar surface area (TPSA) is 74.6 Å². The Kier molecular flexibility index (Phi) is 6.65. The highest BCUT2D eigenvalue weighted by molar-refractivity contribution is 5.06. The van der Waals surface area contributed by atoms with Gasteiger partial charge in [-0.15, -0.1) is 5.10 Å². The molecule has 1 fully saturated rings. The quantitative estimate of drug-likeness (QED) is 0.592. The molecule has 0 aliphatic carbocycles. The van der Waals surface area contributed by atoms with Gasteiger partial charge in [-0.05, 0) is 16.5 Å². The van der Waals surface area contributed by atoms with Gasteiger partial charge >= 0.3 is 0 Å². The molecule has 8 nitrogen and oxygen atoms in total. The second kappa shape index (κ2) is 9.16. The smallest absolute Gasteiger partial charge is 0.209 e. The molecule has 2 aromatic heterocycles. The van der Waals surface area contributed by atoms with Crippen molar-refractivity contribution in [1.29, 1.82) is 0 Å². The van der Waals surface area contributed by atoms with Gasteiger partial charge in [0.05, 0.1) is 13.2 Å². The van der Waals surface area contributed by atoms with E-state index in [1.807, 2.05) is 23.1 Å². The van der Waals surface area contributed by atoms with Crippen LogP contribution in [0.3, 0.4) is 0 Å². The number of pyridine rings is 1. The molecule has 8 heteroatoms. The molecular formula is C18H31N7O+2. The van der Waals surface area contributed by atoms with Crippen molar-refractivity contribution in [2.24, 2.45) is 5.92 Å². The van der Waals surface area contributed by atoms with E-state index < -0.39 is 0 Å². The van der Waals surface area contributed by atoms with Gasteiger partial charge in [0, 0.05) is 31.0 Å². The lowest BCUT2D eigenvalue weighted by Gasteiger charge is -2.35. The average Bonchev–Trinajstić information content (AvgIpc) is 3.10. The lowest BCUT2D eigenvalue weighted by Crippen LogP contribution is -3.27. The fourth-order valence-electron chi connectivity index (χ4n) is 3.93. The van der Waals surface area contributed by atoms with Crippen LogP contribution in [0.5, 0.6) is 0 Å². The molecule has 2 N–H and O–H groups in total. The van der Waals surface area contributed by atoms with Crippen LogP contribution in [0.1, 0.15) is 31.3 Å².